The van der Waals surface area contributed by atoms with E-state index >= 15 is 0 Å². The lowest BCUT2D eigenvalue weighted by molar-refractivity contribution is -0.132. The van der Waals surface area contributed by atoms with E-state index in [2.05, 4.69) is 10.6 Å². The maximum atomic E-state index is 14.4. The van der Waals surface area contributed by atoms with Crippen LogP contribution >= 0.6 is 0 Å². The van der Waals surface area contributed by atoms with E-state index in [4.69, 9.17) is 0 Å². The van der Waals surface area contributed by atoms with Gasteiger partial charge in [-0.3, -0.25) is 47.9 Å². The normalized spacial score (nSPS) is 11.1. The molecule has 0 atom stereocenters. The zero-order valence-electron chi connectivity index (χ0n) is 49.7. The molecule has 90 heavy (non-hydrogen) atoms. The molecule has 0 aliphatic carbocycles. The van der Waals surface area contributed by atoms with E-state index in [0.29, 0.717) is 65.9 Å². The average Bonchev–Trinajstić information content (AvgIpc) is 1.63. The van der Waals surface area contributed by atoms with Crippen molar-refractivity contribution in [3.63, 3.8) is 0 Å². The van der Waals surface area contributed by atoms with Crippen molar-refractivity contribution < 1.29 is 52.7 Å². The van der Waals surface area contributed by atoms with E-state index in [9.17, 15) is 52.7 Å². The second-order valence-corrected chi connectivity index (χ2v) is 21.8. The van der Waals surface area contributed by atoms with Gasteiger partial charge < -0.3 is 29.6 Å². The van der Waals surface area contributed by atoms with Crippen molar-refractivity contribution in [3.05, 3.63) is 239 Å². The van der Waals surface area contributed by atoms with Crippen LogP contribution in [0.5, 0.6) is 0 Å². The number of benzene rings is 8. The summed E-state index contributed by atoms with van der Waals surface area (Å²) in [7, 11) is 0. The van der Waals surface area contributed by atoms with Crippen LogP contribution in [-0.2, 0) is 22.7 Å². The van der Waals surface area contributed by atoms with Crippen LogP contribution in [0.1, 0.15) is 122 Å². The quantitative estimate of drug-likeness (QED) is 0.0346. The smallest absolute Gasteiger partial charge is 0.314 e. The Bertz CT molecular complexity index is 3930. The van der Waals surface area contributed by atoms with Crippen LogP contribution in [0.15, 0.2) is 194 Å². The Hall–Kier alpha value is -11.1. The second-order valence-electron chi connectivity index (χ2n) is 21.8. The number of ketones is 8. The third-order valence-corrected chi connectivity index (χ3v) is 16.1. The summed E-state index contributed by atoms with van der Waals surface area (Å²) >= 11 is 0. The molecule has 0 saturated carbocycles. The molecule has 10 rings (SSSR count). The standard InChI is InChI=1S/C73H64N6O11/c1-3-76(71(88)45-78-59-37-51(67(84)41-63(80)47-17-9-5-10-18-47)25-29-55(59)56-30-26-52(38-60(56)78)68(85)42-64(81)48-19-11-6-12-20-48)35-33-74-73(90)75-34-36-77(4-2)72(89)46-79-61-39-53(69(86)43-65(82)49-21-13-7-14-22-49)27-31-57(61)58-32-28-54(40-62(58)79)70(87)44-66(83)50-23-15-8-16-24-50/h5-32,37-40H,3-4,33-36,41-46H2,1-2H3,(H2,74,75,90). The number of Topliss-reactive ketones (excluding diaryl/α,β-unsaturated/α-hetero) is 8. The van der Waals surface area contributed by atoms with Gasteiger partial charge in [-0.1, -0.05) is 170 Å². The lowest BCUT2D eigenvalue weighted by Crippen LogP contribution is -2.45. The van der Waals surface area contributed by atoms with Crippen molar-refractivity contribution in [2.24, 2.45) is 0 Å². The molecule has 0 aliphatic heterocycles. The van der Waals surface area contributed by atoms with Crippen LogP contribution < -0.4 is 10.6 Å². The van der Waals surface area contributed by atoms with Crippen LogP contribution in [0, 0.1) is 0 Å². The zero-order chi connectivity index (χ0) is 63.4. The molecule has 0 saturated heterocycles. The van der Waals surface area contributed by atoms with Crippen LogP contribution in [-0.4, -0.2) is 122 Å². The number of aromatic nitrogens is 2. The summed E-state index contributed by atoms with van der Waals surface area (Å²) in [6.07, 6.45) is -1.52. The van der Waals surface area contributed by atoms with Gasteiger partial charge in [-0.25, -0.2) is 4.79 Å². The topological polar surface area (TPSA) is 228 Å². The van der Waals surface area contributed by atoms with Gasteiger partial charge >= 0.3 is 6.03 Å². The molecular weight excluding hydrogens is 1140 g/mol. The average molecular weight is 1200 g/mol. The summed E-state index contributed by atoms with van der Waals surface area (Å²) in [6, 6.07) is 53.6. The van der Waals surface area contributed by atoms with Crippen molar-refractivity contribution >= 4 is 108 Å². The minimum Gasteiger partial charge on any atom is -0.340 e. The van der Waals surface area contributed by atoms with E-state index in [-0.39, 0.29) is 135 Å². The summed E-state index contributed by atoms with van der Waals surface area (Å²) < 4.78 is 3.43. The fourth-order valence-electron chi connectivity index (χ4n) is 11.2. The van der Waals surface area contributed by atoms with E-state index in [1.165, 1.54) is 0 Å². The Balaban J connectivity index is 0.810. The number of fused-ring (bicyclic) bond motifs is 6. The molecule has 17 heteroatoms. The number of nitrogens with zero attached hydrogens (tertiary/aromatic N) is 4. The first-order chi connectivity index (χ1) is 43.6. The largest absolute Gasteiger partial charge is 0.340 e. The molecule has 452 valence electrons. The highest BCUT2D eigenvalue weighted by Crippen LogP contribution is 2.34. The van der Waals surface area contributed by atoms with Gasteiger partial charge in [-0.05, 0) is 38.1 Å². The highest BCUT2D eigenvalue weighted by Gasteiger charge is 2.25. The van der Waals surface area contributed by atoms with Gasteiger partial charge in [-0.2, -0.15) is 0 Å². The minimum absolute atomic E-state index is 0.0424. The summed E-state index contributed by atoms with van der Waals surface area (Å²) in [5.41, 5.74) is 4.64. The van der Waals surface area contributed by atoms with Gasteiger partial charge in [0.15, 0.2) is 46.3 Å². The monoisotopic (exact) mass is 1200 g/mol. The maximum absolute atomic E-state index is 14.4. The number of amides is 4. The molecule has 2 N–H and O–H groups in total. The Labute approximate surface area is 518 Å². The minimum atomic E-state index is -0.552. The lowest BCUT2D eigenvalue weighted by atomic mass is 9.99. The number of likely N-dealkylation sites (N-methyl/N-ethyl adjacent to an activating group) is 2. The fraction of sp³-hybridized carbons (Fsp3) is 0.192. The number of rotatable bonds is 28. The number of urea groups is 1. The van der Waals surface area contributed by atoms with Crippen molar-refractivity contribution in [2.75, 3.05) is 39.3 Å². The van der Waals surface area contributed by atoms with Gasteiger partial charge in [0.25, 0.3) is 0 Å². The van der Waals surface area contributed by atoms with Crippen molar-refractivity contribution in [1.29, 1.82) is 0 Å². The van der Waals surface area contributed by atoms with Crippen LogP contribution in [0.25, 0.3) is 43.6 Å². The van der Waals surface area contributed by atoms with Crippen molar-refractivity contribution in [2.45, 2.75) is 52.6 Å². The predicted molar refractivity (Wildman–Crippen MR) is 344 cm³/mol. The number of carbonyl (C=O) groups excluding carboxylic acids is 11. The molecule has 0 spiro atoms. The SMILES string of the molecule is CCN(CCNC(=O)NCCN(CC)C(=O)Cn1c2cc(C(=O)CC(=O)c3ccccc3)ccc2c2ccc(C(=O)CC(=O)c3ccccc3)cc21)C(=O)Cn1c2cc(C(=O)CC(=O)c3ccccc3)ccc2c2ccc(C(=O)CC(=O)c3ccccc3)cc21. The molecule has 0 bridgehead atoms. The highest BCUT2D eigenvalue weighted by molar-refractivity contribution is 6.20. The first-order valence-corrected chi connectivity index (χ1v) is 29.7. The van der Waals surface area contributed by atoms with E-state index in [1.54, 1.807) is 227 Å². The summed E-state index contributed by atoms with van der Waals surface area (Å²) in [5, 5.41) is 8.35. The van der Waals surface area contributed by atoms with Crippen molar-refractivity contribution in [1.82, 2.24) is 29.6 Å². The molecule has 0 unspecified atom stereocenters. The fourth-order valence-corrected chi connectivity index (χ4v) is 11.2. The predicted octanol–water partition coefficient (Wildman–Crippen LogP) is 11.4. The Morgan fingerprint density at radius 2 is 0.544 bits per heavy atom. The third kappa shape index (κ3) is 14.2. The molecule has 2 heterocycles. The third-order valence-electron chi connectivity index (χ3n) is 16.1. The molecule has 0 radical (unpaired) electrons. The van der Waals surface area contributed by atoms with Gasteiger partial charge in [0.05, 0.1) is 47.8 Å². The molecule has 2 aromatic heterocycles. The van der Waals surface area contributed by atoms with E-state index in [0.717, 1.165) is 0 Å². The molecule has 0 aliphatic rings. The number of hydrogen-bond acceptors (Lipinski definition) is 11. The first kappa shape index (κ1) is 62.0. The summed E-state index contributed by atoms with van der Waals surface area (Å²) in [6.45, 7) is 3.91. The summed E-state index contributed by atoms with van der Waals surface area (Å²) in [4.78, 5) is 152. The molecular formula is C73H64N6O11. The number of nitrogens with one attached hydrogen (secondary N) is 2. The molecule has 8 aromatic carbocycles. The summed E-state index contributed by atoms with van der Waals surface area (Å²) in [5.74, 6) is -3.74. The van der Waals surface area contributed by atoms with Crippen molar-refractivity contribution in [3.8, 4) is 0 Å². The van der Waals surface area contributed by atoms with Crippen LogP contribution in [0.4, 0.5) is 4.79 Å². The molecule has 0 fully saturated rings. The maximum Gasteiger partial charge on any atom is 0.314 e. The van der Waals surface area contributed by atoms with Crippen LogP contribution in [0.3, 0.4) is 0 Å². The van der Waals surface area contributed by atoms with Gasteiger partial charge in [0, 0.05) is 105 Å². The molecule has 4 amide bonds. The highest BCUT2D eigenvalue weighted by atomic mass is 16.2. The Morgan fingerprint density at radius 1 is 0.311 bits per heavy atom. The molecule has 10 aromatic rings. The first-order valence-electron chi connectivity index (χ1n) is 29.7. The zero-order valence-corrected chi connectivity index (χ0v) is 49.7. The van der Waals surface area contributed by atoms with E-state index < -0.39 is 29.2 Å². The van der Waals surface area contributed by atoms with Gasteiger partial charge in [-0.15, -0.1) is 0 Å². The number of hydrogen-bond donors (Lipinski definition) is 2. The number of carbonyl (C=O) groups is 11. The Morgan fingerprint density at radius 3 is 0.778 bits per heavy atom. The Kier molecular flexibility index (Phi) is 19.4. The van der Waals surface area contributed by atoms with E-state index in [1.807, 2.05) is 0 Å². The van der Waals surface area contributed by atoms with Crippen LogP contribution in [0.2, 0.25) is 0 Å². The lowest BCUT2D eigenvalue weighted by Gasteiger charge is -2.23. The molecule has 17 nitrogen and oxygen atoms in total. The van der Waals surface area contributed by atoms with Gasteiger partial charge in [0.2, 0.25) is 11.8 Å². The second kappa shape index (κ2) is 28.2. The van der Waals surface area contributed by atoms with Gasteiger partial charge in [0.1, 0.15) is 13.1 Å².